The molecule has 0 unspecified atom stereocenters. The lowest BCUT2D eigenvalue weighted by atomic mass is 9.88. The molecular weight excluding hydrogens is 348 g/mol. The van der Waals surface area contributed by atoms with E-state index in [0.717, 1.165) is 18.5 Å². The minimum atomic E-state index is -4.27. The van der Waals surface area contributed by atoms with Crippen molar-refractivity contribution in [3.63, 3.8) is 0 Å². The first-order chi connectivity index (χ1) is 12.3. The van der Waals surface area contributed by atoms with Gasteiger partial charge in [0.25, 0.3) is 0 Å². The van der Waals surface area contributed by atoms with Crippen molar-refractivity contribution in [1.82, 2.24) is 0 Å². The molecule has 26 heavy (non-hydrogen) atoms. The van der Waals surface area contributed by atoms with Crippen molar-refractivity contribution < 1.29 is 17.5 Å². The van der Waals surface area contributed by atoms with Crippen molar-refractivity contribution in [3.05, 3.63) is 41.1 Å². The molecule has 1 aromatic carbocycles. The first-order valence-electron chi connectivity index (χ1n) is 9.44. The van der Waals surface area contributed by atoms with Gasteiger partial charge in [0.15, 0.2) is 5.71 Å². The van der Waals surface area contributed by atoms with E-state index in [1.54, 1.807) is 17.8 Å². The number of nitrogens with zero attached hydrogens (tertiary/aromatic N) is 1. The highest BCUT2D eigenvalue weighted by Gasteiger charge is 2.28. The normalized spacial score (nSPS) is 17.5. The lowest BCUT2D eigenvalue weighted by molar-refractivity contribution is -0.530. The number of unbranched alkanes of at least 4 members (excludes halogenated alkanes) is 1. The minimum absolute atomic E-state index is 0.178. The van der Waals surface area contributed by atoms with Crippen molar-refractivity contribution in [2.24, 2.45) is 5.73 Å². The second-order valence-corrected chi connectivity index (χ2v) is 8.40. The maximum Gasteiger partial charge on any atom is 0.180 e. The average molecular weight is 379 g/mol. The maximum atomic E-state index is 10.4. The van der Waals surface area contributed by atoms with E-state index in [1.807, 2.05) is 6.92 Å². The van der Waals surface area contributed by atoms with Crippen molar-refractivity contribution in [3.8, 4) is 0 Å². The van der Waals surface area contributed by atoms with Crippen LogP contribution in [-0.4, -0.2) is 36.3 Å². The van der Waals surface area contributed by atoms with Crippen LogP contribution in [0.2, 0.25) is 0 Å². The molecule has 1 aliphatic carbocycles. The predicted octanol–water partition coefficient (Wildman–Crippen LogP) is 3.33. The summed E-state index contributed by atoms with van der Waals surface area (Å²) in [5, 5.41) is 0. The first kappa shape index (κ1) is 20.6. The summed E-state index contributed by atoms with van der Waals surface area (Å²) < 4.78 is 33.8. The molecule has 1 saturated carbocycles. The summed E-state index contributed by atoms with van der Waals surface area (Å²) in [4.78, 5) is -0.178. The molecule has 5 nitrogen and oxygen atoms in total. The first-order valence-corrected chi connectivity index (χ1v) is 10.8. The van der Waals surface area contributed by atoms with Gasteiger partial charge in [-0.3, -0.25) is 0 Å². The van der Waals surface area contributed by atoms with E-state index < -0.39 is 10.1 Å². The maximum absolute atomic E-state index is 10.4. The van der Waals surface area contributed by atoms with Crippen LogP contribution in [-0.2, 0) is 10.1 Å². The number of hydrogen-bond donors (Lipinski definition) is 1. The van der Waals surface area contributed by atoms with Crippen molar-refractivity contribution in [2.45, 2.75) is 63.7 Å². The van der Waals surface area contributed by atoms with E-state index >= 15 is 0 Å². The van der Waals surface area contributed by atoms with Crippen LogP contribution in [0.1, 0.15) is 57.4 Å². The Morgan fingerprint density at radius 2 is 1.77 bits per heavy atom. The van der Waals surface area contributed by atoms with Gasteiger partial charge in [-0.15, -0.1) is 0 Å². The molecule has 0 aromatic heterocycles. The molecule has 3 rings (SSSR count). The zero-order valence-electron chi connectivity index (χ0n) is 15.8. The predicted molar refractivity (Wildman–Crippen MR) is 103 cm³/mol. The van der Waals surface area contributed by atoms with Gasteiger partial charge in [0.05, 0.1) is 4.90 Å². The summed E-state index contributed by atoms with van der Waals surface area (Å²) in [6.07, 6.45) is 8.87. The quantitative estimate of drug-likeness (QED) is 0.643. The Labute approximate surface area is 157 Å². The fraction of sp³-hybridized carbons (Fsp3) is 0.550. The van der Waals surface area contributed by atoms with E-state index in [1.165, 1.54) is 68.5 Å². The SMILES string of the molecule is CCCC[N+]1=C2CCCCC2=C(N)CC1.Cc1ccc(S(=O)(=O)[O-])cc1. The Kier molecular flexibility index (Phi) is 7.41. The molecule has 144 valence electrons. The second-order valence-electron chi connectivity index (χ2n) is 7.02. The van der Waals surface area contributed by atoms with Gasteiger partial charge in [-0.05, 0) is 38.3 Å². The van der Waals surface area contributed by atoms with Gasteiger partial charge < -0.3 is 10.3 Å². The van der Waals surface area contributed by atoms with Crippen LogP contribution in [0.4, 0.5) is 0 Å². The number of fused-ring (bicyclic) bond motifs is 1. The summed E-state index contributed by atoms with van der Waals surface area (Å²) in [6, 6.07) is 5.78. The molecule has 1 heterocycles. The van der Waals surface area contributed by atoms with E-state index in [4.69, 9.17) is 5.73 Å². The Balaban J connectivity index is 0.000000197. The monoisotopic (exact) mass is 378 g/mol. The summed E-state index contributed by atoms with van der Waals surface area (Å²) >= 11 is 0. The Morgan fingerprint density at radius 1 is 1.12 bits per heavy atom. The average Bonchev–Trinajstić information content (AvgIpc) is 2.62. The standard InChI is InChI=1S/C13H22N2.C7H8O3S/c1-2-3-9-15-10-8-12(14)11-6-4-5-7-13(11)15;1-6-2-4-7(5-3-6)11(8,9)10/h14H,2-10H2,1H3;2-5H,1H3,(H,8,9,10). The third kappa shape index (κ3) is 5.68. The zero-order chi connectivity index (χ0) is 19.2. The van der Waals surface area contributed by atoms with Crippen molar-refractivity contribution >= 4 is 15.8 Å². The van der Waals surface area contributed by atoms with Crippen LogP contribution in [0.5, 0.6) is 0 Å². The highest BCUT2D eigenvalue weighted by Crippen LogP contribution is 2.26. The Morgan fingerprint density at radius 3 is 2.38 bits per heavy atom. The Hall–Kier alpha value is -1.66. The molecule has 0 bridgehead atoms. The number of benzene rings is 1. The smallest absolute Gasteiger partial charge is 0.180 e. The zero-order valence-corrected chi connectivity index (χ0v) is 16.6. The molecule has 6 heteroatoms. The third-order valence-electron chi connectivity index (χ3n) is 4.95. The van der Waals surface area contributed by atoms with Crippen LogP contribution in [0, 0.1) is 6.92 Å². The topological polar surface area (TPSA) is 86.2 Å². The van der Waals surface area contributed by atoms with Crippen LogP contribution in [0.25, 0.3) is 0 Å². The van der Waals surface area contributed by atoms with Gasteiger partial charge in [0.2, 0.25) is 0 Å². The summed E-state index contributed by atoms with van der Waals surface area (Å²) in [5.74, 6) is 0. The lowest BCUT2D eigenvalue weighted by Crippen LogP contribution is -2.33. The van der Waals surface area contributed by atoms with E-state index in [-0.39, 0.29) is 4.90 Å². The van der Waals surface area contributed by atoms with E-state index in [0.29, 0.717) is 0 Å². The molecule has 1 fully saturated rings. The van der Waals surface area contributed by atoms with Crippen LogP contribution >= 0.6 is 0 Å². The van der Waals surface area contributed by atoms with Crippen LogP contribution in [0.3, 0.4) is 0 Å². The summed E-state index contributed by atoms with van der Waals surface area (Å²) in [6.45, 7) is 6.48. The van der Waals surface area contributed by atoms with E-state index in [2.05, 4.69) is 11.5 Å². The second kappa shape index (κ2) is 9.33. The molecule has 0 amide bonds. The molecule has 0 saturated heterocycles. The van der Waals surface area contributed by atoms with Gasteiger partial charge in [-0.2, -0.15) is 0 Å². The summed E-state index contributed by atoms with van der Waals surface area (Å²) in [7, 11) is -4.27. The van der Waals surface area contributed by atoms with Gasteiger partial charge in [0.1, 0.15) is 23.2 Å². The van der Waals surface area contributed by atoms with Crippen LogP contribution in [0.15, 0.2) is 40.4 Å². The fourth-order valence-electron chi connectivity index (χ4n) is 3.43. The lowest BCUT2D eigenvalue weighted by Gasteiger charge is -2.23. The largest absolute Gasteiger partial charge is 0.744 e. The number of rotatable bonds is 4. The molecule has 0 spiro atoms. The molecule has 1 aliphatic heterocycles. The Bertz CT molecular complexity index is 778. The third-order valence-corrected chi connectivity index (χ3v) is 5.80. The number of allylic oxidation sites excluding steroid dienone is 1. The van der Waals surface area contributed by atoms with E-state index in [9.17, 15) is 13.0 Å². The summed E-state index contributed by atoms with van der Waals surface area (Å²) in [5.41, 5.74) is 11.3. The molecule has 2 N–H and O–H groups in total. The fourth-order valence-corrected chi connectivity index (χ4v) is 3.90. The van der Waals surface area contributed by atoms with Gasteiger partial charge in [-0.1, -0.05) is 31.0 Å². The van der Waals surface area contributed by atoms with Crippen molar-refractivity contribution in [2.75, 3.05) is 13.1 Å². The van der Waals surface area contributed by atoms with Crippen molar-refractivity contribution in [1.29, 1.82) is 0 Å². The number of aryl methyl sites for hydroxylation is 1. The van der Waals surface area contributed by atoms with Gasteiger partial charge >= 0.3 is 0 Å². The van der Waals surface area contributed by atoms with Crippen LogP contribution < -0.4 is 5.73 Å². The number of hydrogen-bond acceptors (Lipinski definition) is 4. The number of nitrogens with two attached hydrogens (primary N) is 1. The highest BCUT2D eigenvalue weighted by atomic mass is 32.2. The molecule has 1 aromatic rings. The van der Waals surface area contributed by atoms with Gasteiger partial charge in [-0.25, -0.2) is 13.0 Å². The molecular formula is C20H30N2O3S. The highest BCUT2D eigenvalue weighted by molar-refractivity contribution is 7.85. The molecule has 0 atom stereocenters. The molecule has 0 radical (unpaired) electrons. The minimum Gasteiger partial charge on any atom is -0.744 e. The molecule has 2 aliphatic rings. The van der Waals surface area contributed by atoms with Gasteiger partial charge in [0, 0.05) is 30.5 Å².